The van der Waals surface area contributed by atoms with Gasteiger partial charge in [0.2, 0.25) is 0 Å². The van der Waals surface area contributed by atoms with Crippen molar-refractivity contribution in [3.63, 3.8) is 0 Å². The van der Waals surface area contributed by atoms with Crippen LogP contribution in [0.4, 0.5) is 10.1 Å². The van der Waals surface area contributed by atoms with Crippen LogP contribution >= 0.6 is 0 Å². The highest BCUT2D eigenvalue weighted by Crippen LogP contribution is 2.13. The van der Waals surface area contributed by atoms with Gasteiger partial charge in [-0.2, -0.15) is 0 Å². The number of carbonyl (C=O) groups excluding carboxylic acids is 3. The van der Waals surface area contributed by atoms with Crippen LogP contribution in [0.3, 0.4) is 0 Å². The molecular formula is C17H15FN2O4. The molecule has 0 heterocycles. The number of benzene rings is 2. The Bertz CT molecular complexity index is 759. The van der Waals surface area contributed by atoms with Gasteiger partial charge in [-0.3, -0.25) is 14.4 Å². The van der Waals surface area contributed by atoms with Crippen molar-refractivity contribution in [2.75, 3.05) is 19.0 Å². The van der Waals surface area contributed by atoms with Crippen LogP contribution in [-0.2, 0) is 9.53 Å². The van der Waals surface area contributed by atoms with Crippen LogP contribution in [-0.4, -0.2) is 31.4 Å². The predicted octanol–water partition coefficient (Wildman–Crippen LogP) is 1.98. The van der Waals surface area contributed by atoms with Gasteiger partial charge in [-0.15, -0.1) is 0 Å². The Kier molecular flexibility index (Phi) is 5.62. The molecule has 124 valence electrons. The van der Waals surface area contributed by atoms with E-state index in [1.54, 1.807) is 6.07 Å². The number of halogens is 1. The van der Waals surface area contributed by atoms with Gasteiger partial charge >= 0.3 is 5.97 Å². The highest BCUT2D eigenvalue weighted by atomic mass is 19.1. The Labute approximate surface area is 137 Å². The van der Waals surface area contributed by atoms with E-state index >= 15 is 0 Å². The van der Waals surface area contributed by atoms with E-state index in [4.69, 9.17) is 0 Å². The van der Waals surface area contributed by atoms with Crippen LogP contribution in [0.1, 0.15) is 20.7 Å². The first-order valence-electron chi connectivity index (χ1n) is 7.02. The summed E-state index contributed by atoms with van der Waals surface area (Å²) in [6.45, 7) is -0.235. The van der Waals surface area contributed by atoms with Crippen LogP contribution in [0.5, 0.6) is 0 Å². The Morgan fingerprint density at radius 3 is 2.29 bits per heavy atom. The van der Waals surface area contributed by atoms with E-state index in [9.17, 15) is 18.8 Å². The van der Waals surface area contributed by atoms with Crippen LogP contribution in [0.15, 0.2) is 48.5 Å². The average molecular weight is 330 g/mol. The summed E-state index contributed by atoms with van der Waals surface area (Å²) < 4.78 is 18.0. The Balaban J connectivity index is 1.99. The third kappa shape index (κ3) is 4.39. The second-order valence-electron chi connectivity index (χ2n) is 4.77. The fourth-order valence-electron chi connectivity index (χ4n) is 1.88. The molecule has 24 heavy (non-hydrogen) atoms. The van der Waals surface area contributed by atoms with Crippen LogP contribution in [0.25, 0.3) is 0 Å². The number of esters is 1. The first-order chi connectivity index (χ1) is 11.5. The predicted molar refractivity (Wildman–Crippen MR) is 85.1 cm³/mol. The Morgan fingerprint density at radius 2 is 1.67 bits per heavy atom. The zero-order chi connectivity index (χ0) is 17.5. The number of amides is 2. The molecule has 0 unspecified atom stereocenters. The zero-order valence-corrected chi connectivity index (χ0v) is 12.8. The maximum Gasteiger partial charge on any atom is 0.325 e. The van der Waals surface area contributed by atoms with Gasteiger partial charge in [-0.25, -0.2) is 4.39 Å². The summed E-state index contributed by atoms with van der Waals surface area (Å²) >= 11 is 0. The molecule has 0 fully saturated rings. The second kappa shape index (κ2) is 7.87. The molecule has 2 aromatic carbocycles. The summed E-state index contributed by atoms with van der Waals surface area (Å²) in [5.74, 6) is -2.21. The van der Waals surface area contributed by atoms with E-state index < -0.39 is 23.6 Å². The Hall–Kier alpha value is -3.22. The highest BCUT2D eigenvalue weighted by molar-refractivity contribution is 6.04. The summed E-state index contributed by atoms with van der Waals surface area (Å²) in [7, 11) is 1.22. The molecule has 2 N–H and O–H groups in total. The molecule has 0 bridgehead atoms. The van der Waals surface area contributed by atoms with Gasteiger partial charge in [0, 0.05) is 11.3 Å². The standard InChI is InChI=1S/C17H15FN2O4/c1-24-15(21)10-19-16(22)11-6-8-12(9-7-11)20-17(23)13-4-2-3-5-14(13)18/h2-9H,10H2,1H3,(H,19,22)(H,20,23). The van der Waals surface area contributed by atoms with Gasteiger partial charge in [0.1, 0.15) is 12.4 Å². The minimum absolute atomic E-state index is 0.0719. The van der Waals surface area contributed by atoms with Crippen molar-refractivity contribution < 1.29 is 23.5 Å². The van der Waals surface area contributed by atoms with E-state index in [2.05, 4.69) is 15.4 Å². The highest BCUT2D eigenvalue weighted by Gasteiger charge is 2.12. The van der Waals surface area contributed by atoms with E-state index in [0.29, 0.717) is 11.3 Å². The number of nitrogens with one attached hydrogen (secondary N) is 2. The van der Waals surface area contributed by atoms with Gasteiger partial charge in [-0.1, -0.05) is 12.1 Å². The molecule has 0 spiro atoms. The number of hydrogen-bond donors (Lipinski definition) is 2. The molecule has 2 amide bonds. The number of ether oxygens (including phenoxy) is 1. The summed E-state index contributed by atoms with van der Waals surface area (Å²) in [5, 5.41) is 4.93. The fraction of sp³-hybridized carbons (Fsp3) is 0.118. The van der Waals surface area contributed by atoms with Gasteiger partial charge in [-0.05, 0) is 36.4 Å². The lowest BCUT2D eigenvalue weighted by atomic mass is 10.1. The van der Waals surface area contributed by atoms with Crippen LogP contribution in [0, 0.1) is 5.82 Å². The lowest BCUT2D eigenvalue weighted by molar-refractivity contribution is -0.139. The van der Waals surface area contributed by atoms with Crippen LogP contribution in [0.2, 0.25) is 0 Å². The number of anilines is 1. The molecule has 6 nitrogen and oxygen atoms in total. The van der Waals surface area contributed by atoms with E-state index in [-0.39, 0.29) is 12.1 Å². The largest absolute Gasteiger partial charge is 0.468 e. The normalized spacial score (nSPS) is 9.92. The smallest absolute Gasteiger partial charge is 0.325 e. The van der Waals surface area contributed by atoms with E-state index in [0.717, 1.165) is 0 Å². The quantitative estimate of drug-likeness (QED) is 0.821. The minimum atomic E-state index is -0.617. The summed E-state index contributed by atoms with van der Waals surface area (Å²) in [6, 6.07) is 11.6. The number of methoxy groups -OCH3 is 1. The molecule has 0 saturated heterocycles. The third-order valence-corrected chi connectivity index (χ3v) is 3.14. The molecule has 0 aliphatic rings. The van der Waals surface area contributed by atoms with Crippen LogP contribution < -0.4 is 10.6 Å². The Morgan fingerprint density at radius 1 is 1.00 bits per heavy atom. The molecule has 0 saturated carbocycles. The molecule has 2 rings (SSSR count). The van der Waals surface area contributed by atoms with Crippen molar-refractivity contribution in [1.29, 1.82) is 0 Å². The third-order valence-electron chi connectivity index (χ3n) is 3.14. The monoisotopic (exact) mass is 330 g/mol. The molecule has 0 aromatic heterocycles. The van der Waals surface area contributed by atoms with Gasteiger partial charge < -0.3 is 15.4 Å². The van der Waals surface area contributed by atoms with Crippen molar-refractivity contribution in [2.45, 2.75) is 0 Å². The number of rotatable bonds is 5. The second-order valence-corrected chi connectivity index (χ2v) is 4.77. The fourth-order valence-corrected chi connectivity index (χ4v) is 1.88. The van der Waals surface area contributed by atoms with Crippen molar-refractivity contribution in [3.8, 4) is 0 Å². The molecule has 0 aliphatic carbocycles. The van der Waals surface area contributed by atoms with Crippen molar-refractivity contribution >= 4 is 23.5 Å². The lowest BCUT2D eigenvalue weighted by Crippen LogP contribution is -2.30. The van der Waals surface area contributed by atoms with Crippen molar-refractivity contribution in [1.82, 2.24) is 5.32 Å². The zero-order valence-electron chi connectivity index (χ0n) is 12.8. The molecule has 2 aromatic rings. The topological polar surface area (TPSA) is 84.5 Å². The SMILES string of the molecule is COC(=O)CNC(=O)c1ccc(NC(=O)c2ccccc2F)cc1. The first kappa shape index (κ1) is 17.1. The lowest BCUT2D eigenvalue weighted by Gasteiger charge is -2.07. The summed E-state index contributed by atoms with van der Waals surface area (Å²) in [6.07, 6.45) is 0. The van der Waals surface area contributed by atoms with Crippen molar-refractivity contribution in [2.24, 2.45) is 0 Å². The summed E-state index contributed by atoms with van der Waals surface area (Å²) in [4.78, 5) is 34.8. The minimum Gasteiger partial charge on any atom is -0.468 e. The number of hydrogen-bond acceptors (Lipinski definition) is 4. The molecule has 0 aliphatic heterocycles. The molecule has 7 heteroatoms. The maximum atomic E-state index is 13.5. The maximum absolute atomic E-state index is 13.5. The molecular weight excluding hydrogens is 315 g/mol. The van der Waals surface area contributed by atoms with Crippen molar-refractivity contribution in [3.05, 3.63) is 65.5 Å². The first-order valence-corrected chi connectivity index (χ1v) is 7.02. The molecule has 0 radical (unpaired) electrons. The molecule has 0 atom stereocenters. The number of carbonyl (C=O) groups is 3. The van der Waals surface area contributed by atoms with Gasteiger partial charge in [0.25, 0.3) is 11.8 Å². The van der Waals surface area contributed by atoms with E-state index in [1.807, 2.05) is 0 Å². The average Bonchev–Trinajstić information content (AvgIpc) is 2.60. The van der Waals surface area contributed by atoms with Gasteiger partial charge in [0.05, 0.1) is 12.7 Å². The summed E-state index contributed by atoms with van der Waals surface area (Å²) in [5.41, 5.74) is 0.646. The van der Waals surface area contributed by atoms with E-state index in [1.165, 1.54) is 49.6 Å². The van der Waals surface area contributed by atoms with Gasteiger partial charge in [0.15, 0.2) is 0 Å².